The minimum atomic E-state index is -0.420. The van der Waals surface area contributed by atoms with Gasteiger partial charge in [-0.1, -0.05) is 0 Å². The molecule has 7 heteroatoms. The summed E-state index contributed by atoms with van der Waals surface area (Å²) in [6.07, 6.45) is 3.48. The van der Waals surface area contributed by atoms with Gasteiger partial charge in [-0.05, 0) is 51.4 Å². The lowest BCUT2D eigenvalue weighted by atomic mass is 10.1. The Labute approximate surface area is 157 Å². The molecule has 2 aromatic heterocycles. The average molecular weight is 367 g/mol. The highest BCUT2D eigenvalue weighted by Gasteiger charge is 2.10. The van der Waals surface area contributed by atoms with Crippen molar-refractivity contribution in [1.82, 2.24) is 25.1 Å². The van der Waals surface area contributed by atoms with Crippen LogP contribution in [0, 0.1) is 5.82 Å². The van der Waals surface area contributed by atoms with E-state index in [2.05, 4.69) is 20.4 Å². The lowest BCUT2D eigenvalue weighted by molar-refractivity contribution is 0.386. The van der Waals surface area contributed by atoms with Crippen LogP contribution in [0.15, 0.2) is 42.7 Å². The first kappa shape index (κ1) is 18.7. The fourth-order valence-electron chi connectivity index (χ4n) is 2.80. The average Bonchev–Trinajstić information content (AvgIpc) is 3.08. The molecule has 0 spiro atoms. The van der Waals surface area contributed by atoms with Gasteiger partial charge in [0, 0.05) is 17.5 Å². The third-order valence-corrected chi connectivity index (χ3v) is 4.05. The summed E-state index contributed by atoms with van der Waals surface area (Å²) in [4.78, 5) is 9.10. The van der Waals surface area contributed by atoms with E-state index >= 15 is 0 Å². The maximum Gasteiger partial charge on any atom is 0.165 e. The van der Waals surface area contributed by atoms with Gasteiger partial charge in [-0.15, -0.1) is 0 Å². The predicted octanol–water partition coefficient (Wildman–Crippen LogP) is 3.65. The molecule has 4 rings (SSSR count). The van der Waals surface area contributed by atoms with Crippen LogP contribution in [-0.4, -0.2) is 41.0 Å². The van der Waals surface area contributed by atoms with Crippen LogP contribution < -0.4 is 10.1 Å². The molecule has 0 atom stereocenters. The molecule has 6 nitrogen and oxygen atoms in total. The van der Waals surface area contributed by atoms with Crippen molar-refractivity contribution in [2.75, 3.05) is 21.2 Å². The Hall–Kier alpha value is -3.06. The number of nitrogens with zero attached hydrogens (tertiary/aromatic N) is 4. The lowest BCUT2D eigenvalue weighted by Gasteiger charge is -2.06. The van der Waals surface area contributed by atoms with Crippen LogP contribution in [0.4, 0.5) is 4.39 Å². The molecule has 4 aromatic rings. The summed E-state index contributed by atoms with van der Waals surface area (Å²) < 4.78 is 20.8. The Bertz CT molecular complexity index is 1080. The number of rotatable bonds is 3. The number of fused-ring (bicyclic) bond motifs is 2. The molecule has 0 fully saturated rings. The molecule has 140 valence electrons. The van der Waals surface area contributed by atoms with E-state index in [1.54, 1.807) is 18.3 Å². The first-order valence-corrected chi connectivity index (χ1v) is 8.66. The van der Waals surface area contributed by atoms with Gasteiger partial charge in [0.2, 0.25) is 0 Å². The third-order valence-electron chi connectivity index (χ3n) is 4.05. The summed E-state index contributed by atoms with van der Waals surface area (Å²) in [7, 11) is 5.19. The standard InChI is InChI=1S/C18H15FN4O.C2H7N/c1-3-23-17-8-15-14(7-12(17)9-21-23)20-10-16(22-15)11-4-5-18(24-2)13(19)6-11;1-3-2/h4-10H,3H2,1-2H3;3H,1-2H3. The normalized spacial score (nSPS) is 10.7. The monoisotopic (exact) mass is 367 g/mol. The first-order chi connectivity index (χ1) is 13.1. The number of nitrogens with one attached hydrogen (secondary N) is 1. The van der Waals surface area contributed by atoms with Crippen molar-refractivity contribution in [3.63, 3.8) is 0 Å². The maximum absolute atomic E-state index is 13.9. The van der Waals surface area contributed by atoms with Crippen molar-refractivity contribution in [2.45, 2.75) is 13.5 Å². The maximum atomic E-state index is 13.9. The molecule has 0 saturated carbocycles. The fraction of sp³-hybridized carbons (Fsp3) is 0.250. The van der Waals surface area contributed by atoms with Crippen LogP contribution in [0.1, 0.15) is 6.92 Å². The predicted molar refractivity (Wildman–Crippen MR) is 105 cm³/mol. The molecule has 2 heterocycles. The van der Waals surface area contributed by atoms with E-state index < -0.39 is 5.82 Å². The first-order valence-electron chi connectivity index (χ1n) is 8.66. The molecular formula is C20H22FN5O. The molecule has 0 radical (unpaired) electrons. The van der Waals surface area contributed by atoms with Gasteiger partial charge in [0.25, 0.3) is 0 Å². The summed E-state index contributed by atoms with van der Waals surface area (Å²) in [6.45, 7) is 2.82. The van der Waals surface area contributed by atoms with Crippen molar-refractivity contribution in [2.24, 2.45) is 0 Å². The largest absolute Gasteiger partial charge is 0.494 e. The second-order valence-electron chi connectivity index (χ2n) is 5.96. The van der Waals surface area contributed by atoms with Gasteiger partial charge < -0.3 is 10.1 Å². The van der Waals surface area contributed by atoms with Crippen LogP contribution in [0.3, 0.4) is 0 Å². The number of benzene rings is 2. The van der Waals surface area contributed by atoms with Crippen LogP contribution in [0.5, 0.6) is 5.75 Å². The van der Waals surface area contributed by atoms with Gasteiger partial charge >= 0.3 is 0 Å². The zero-order chi connectivity index (χ0) is 19.4. The highest BCUT2D eigenvalue weighted by atomic mass is 19.1. The summed E-state index contributed by atoms with van der Waals surface area (Å²) in [6, 6.07) is 8.70. The van der Waals surface area contributed by atoms with E-state index in [4.69, 9.17) is 4.74 Å². The molecular weight excluding hydrogens is 345 g/mol. The minimum absolute atomic E-state index is 0.209. The molecule has 0 unspecified atom stereocenters. The van der Waals surface area contributed by atoms with E-state index in [-0.39, 0.29) is 5.75 Å². The SMILES string of the molecule is CCn1ncc2cc3ncc(-c4ccc(OC)c(F)c4)nc3cc21.CNC. The van der Waals surface area contributed by atoms with E-state index in [1.807, 2.05) is 44.0 Å². The molecule has 27 heavy (non-hydrogen) atoms. The van der Waals surface area contributed by atoms with Gasteiger partial charge in [-0.25, -0.2) is 9.37 Å². The van der Waals surface area contributed by atoms with Crippen LogP contribution >= 0.6 is 0 Å². The van der Waals surface area contributed by atoms with Gasteiger partial charge in [0.15, 0.2) is 11.6 Å². The molecule has 2 aromatic carbocycles. The molecule has 0 aliphatic rings. The summed E-state index contributed by atoms with van der Waals surface area (Å²) in [5, 5.41) is 8.13. The highest BCUT2D eigenvalue weighted by molar-refractivity contribution is 5.93. The van der Waals surface area contributed by atoms with E-state index in [0.29, 0.717) is 11.3 Å². The zero-order valence-corrected chi connectivity index (χ0v) is 15.8. The van der Waals surface area contributed by atoms with Crippen LogP contribution in [0.2, 0.25) is 0 Å². The lowest BCUT2D eigenvalue weighted by Crippen LogP contribution is -1.96. The van der Waals surface area contributed by atoms with Gasteiger partial charge in [-0.2, -0.15) is 5.10 Å². The Morgan fingerprint density at radius 2 is 1.89 bits per heavy atom. The number of aryl methyl sites for hydroxylation is 1. The summed E-state index contributed by atoms with van der Waals surface area (Å²) in [5.41, 5.74) is 3.83. The van der Waals surface area contributed by atoms with Gasteiger partial charge in [-0.3, -0.25) is 9.67 Å². The van der Waals surface area contributed by atoms with Crippen molar-refractivity contribution >= 4 is 21.9 Å². The third kappa shape index (κ3) is 3.73. The number of aromatic nitrogens is 4. The number of methoxy groups -OCH3 is 1. The number of ether oxygens (including phenoxy) is 1. The van der Waals surface area contributed by atoms with Crippen molar-refractivity contribution in [3.8, 4) is 17.0 Å². The van der Waals surface area contributed by atoms with Crippen LogP contribution in [-0.2, 0) is 6.54 Å². The Morgan fingerprint density at radius 3 is 2.56 bits per heavy atom. The summed E-state index contributed by atoms with van der Waals surface area (Å²) in [5.74, 6) is -0.211. The highest BCUT2D eigenvalue weighted by Crippen LogP contribution is 2.26. The van der Waals surface area contributed by atoms with Crippen molar-refractivity contribution < 1.29 is 9.13 Å². The molecule has 0 aliphatic heterocycles. The van der Waals surface area contributed by atoms with E-state index in [0.717, 1.165) is 28.5 Å². The molecule has 0 saturated heterocycles. The molecule has 0 amide bonds. The van der Waals surface area contributed by atoms with Crippen molar-refractivity contribution in [3.05, 3.63) is 48.5 Å². The van der Waals surface area contributed by atoms with Crippen LogP contribution in [0.25, 0.3) is 33.2 Å². The second-order valence-corrected chi connectivity index (χ2v) is 5.96. The van der Waals surface area contributed by atoms with Crippen molar-refractivity contribution in [1.29, 1.82) is 0 Å². The van der Waals surface area contributed by atoms with Gasteiger partial charge in [0.05, 0.1) is 41.7 Å². The Balaban J connectivity index is 0.000000659. The summed E-state index contributed by atoms with van der Waals surface area (Å²) >= 11 is 0. The quantitative estimate of drug-likeness (QED) is 0.599. The molecule has 1 N–H and O–H groups in total. The molecule has 0 aliphatic carbocycles. The number of halogens is 1. The molecule has 0 bridgehead atoms. The minimum Gasteiger partial charge on any atom is -0.494 e. The number of hydrogen-bond acceptors (Lipinski definition) is 5. The topological polar surface area (TPSA) is 64.9 Å². The second kappa shape index (κ2) is 8.09. The fourth-order valence-corrected chi connectivity index (χ4v) is 2.80. The van der Waals surface area contributed by atoms with E-state index in [1.165, 1.54) is 13.2 Å². The Kier molecular flexibility index (Phi) is 5.61. The zero-order valence-electron chi connectivity index (χ0n) is 15.8. The Morgan fingerprint density at radius 1 is 1.11 bits per heavy atom. The van der Waals surface area contributed by atoms with E-state index in [9.17, 15) is 4.39 Å². The van der Waals surface area contributed by atoms with Gasteiger partial charge in [0.1, 0.15) is 0 Å². The number of hydrogen-bond donors (Lipinski definition) is 1. The smallest absolute Gasteiger partial charge is 0.165 e.